The minimum absolute atomic E-state index is 0. The quantitative estimate of drug-likeness (QED) is 0.274. The highest BCUT2D eigenvalue weighted by atomic mass is 35.5. The number of hydrogen-bond donors (Lipinski definition) is 0. The Morgan fingerprint density at radius 1 is 0.541 bits per heavy atom. The van der Waals surface area contributed by atoms with Crippen molar-refractivity contribution < 1.29 is 14.9 Å². The summed E-state index contributed by atoms with van der Waals surface area (Å²) < 4.78 is 14.3. The third-order valence-electron chi connectivity index (χ3n) is 5.50. The number of benzene rings is 2. The van der Waals surface area contributed by atoms with E-state index >= 15 is 0 Å². The monoisotopic (exact) mass is 538 g/mol. The van der Waals surface area contributed by atoms with Gasteiger partial charge in [-0.25, -0.2) is 9.97 Å². The number of fused-ring (bicyclic) bond motifs is 2. The van der Waals surface area contributed by atoms with Crippen LogP contribution in [0.25, 0.3) is 33.8 Å². The van der Waals surface area contributed by atoms with Crippen molar-refractivity contribution >= 4 is 36.1 Å². The van der Waals surface area contributed by atoms with E-state index in [0.29, 0.717) is 0 Å². The molecule has 9 heteroatoms. The van der Waals surface area contributed by atoms with Gasteiger partial charge in [-0.2, -0.15) is 0 Å². The number of pyridine rings is 2. The summed E-state index contributed by atoms with van der Waals surface area (Å²) in [5, 5.41) is 0. The van der Waals surface area contributed by atoms with Crippen LogP contribution in [-0.4, -0.2) is 38.5 Å². The lowest BCUT2D eigenvalue weighted by Gasteiger charge is -1.99. The topological polar surface area (TPSA) is 84.6 Å². The van der Waals surface area contributed by atoms with E-state index in [-0.39, 0.29) is 30.3 Å². The van der Waals surface area contributed by atoms with Crippen LogP contribution in [0.2, 0.25) is 0 Å². The van der Waals surface area contributed by atoms with E-state index < -0.39 is 0 Å². The van der Waals surface area contributed by atoms with E-state index in [0.717, 1.165) is 45.3 Å². The minimum Gasteiger partial charge on any atom is -0.497 e. The van der Waals surface area contributed by atoms with E-state index in [4.69, 9.17) is 9.47 Å². The highest BCUT2D eigenvalue weighted by Crippen LogP contribution is 2.23. The van der Waals surface area contributed by atoms with E-state index in [2.05, 4.69) is 9.97 Å². The van der Waals surface area contributed by atoms with Crippen LogP contribution < -0.4 is 9.47 Å². The van der Waals surface area contributed by atoms with Crippen molar-refractivity contribution in [2.75, 3.05) is 14.2 Å². The first-order chi connectivity index (χ1) is 16.7. The Morgan fingerprint density at radius 3 is 1.24 bits per heavy atom. The van der Waals surface area contributed by atoms with E-state index in [1.54, 1.807) is 14.2 Å². The molecule has 6 rings (SSSR count). The summed E-state index contributed by atoms with van der Waals surface area (Å²) in [6, 6.07) is 27.8. The van der Waals surface area contributed by atoms with Crippen molar-refractivity contribution in [3.63, 3.8) is 0 Å². The molecule has 37 heavy (non-hydrogen) atoms. The fourth-order valence-electron chi connectivity index (χ4n) is 3.67. The number of halogens is 2. The first-order valence-electron chi connectivity index (χ1n) is 10.9. The van der Waals surface area contributed by atoms with Crippen LogP contribution in [0.1, 0.15) is 0 Å². The first kappa shape index (κ1) is 29.2. The SMILES string of the molecule is COc1ccc(-c2cn3ccccc3n2)cc1.COc1ccc(-c2cn3ccccc3n2)cc1.Cl.Cl.O. The summed E-state index contributed by atoms with van der Waals surface area (Å²) in [5.74, 6) is 1.72. The number of ether oxygens (including phenoxy) is 2. The molecule has 0 bridgehead atoms. The second kappa shape index (κ2) is 13.3. The zero-order chi connectivity index (χ0) is 23.3. The van der Waals surface area contributed by atoms with Gasteiger partial charge >= 0.3 is 0 Å². The van der Waals surface area contributed by atoms with Gasteiger partial charge in [0.05, 0.1) is 25.6 Å². The van der Waals surface area contributed by atoms with Gasteiger partial charge < -0.3 is 23.8 Å². The van der Waals surface area contributed by atoms with Gasteiger partial charge in [-0.3, -0.25) is 0 Å². The third-order valence-corrected chi connectivity index (χ3v) is 5.50. The molecule has 2 N–H and O–H groups in total. The Balaban J connectivity index is 0.000000241. The fourth-order valence-corrected chi connectivity index (χ4v) is 3.67. The average molecular weight is 539 g/mol. The predicted octanol–water partition coefficient (Wildman–Crippen LogP) is 6.04. The standard InChI is InChI=1S/2C14H12N2O.2ClH.H2O/c2*1-17-12-7-5-11(6-8-12)13-10-16-9-3-2-4-14(16)15-13;;;/h2*2-10H,1H3;2*1H;1H2. The van der Waals surface area contributed by atoms with Crippen LogP contribution in [0.3, 0.4) is 0 Å². The van der Waals surface area contributed by atoms with Crippen LogP contribution in [0.4, 0.5) is 0 Å². The summed E-state index contributed by atoms with van der Waals surface area (Å²) in [6.45, 7) is 0. The molecule has 192 valence electrons. The van der Waals surface area contributed by atoms with Crippen molar-refractivity contribution in [1.82, 2.24) is 18.8 Å². The molecule has 7 nitrogen and oxygen atoms in total. The maximum Gasteiger partial charge on any atom is 0.137 e. The third kappa shape index (κ3) is 6.59. The zero-order valence-electron chi connectivity index (χ0n) is 20.3. The molecule has 2 aromatic carbocycles. The Bertz CT molecular complexity index is 1350. The van der Waals surface area contributed by atoms with Gasteiger partial charge in [0.1, 0.15) is 22.8 Å². The van der Waals surface area contributed by atoms with Crippen molar-refractivity contribution in [2.45, 2.75) is 0 Å². The molecule has 0 aliphatic heterocycles. The second-order valence-corrected chi connectivity index (χ2v) is 7.64. The van der Waals surface area contributed by atoms with Crippen LogP contribution in [0.15, 0.2) is 110 Å². The van der Waals surface area contributed by atoms with Gasteiger partial charge in [-0.1, -0.05) is 12.1 Å². The van der Waals surface area contributed by atoms with E-state index in [9.17, 15) is 0 Å². The number of nitrogens with zero attached hydrogens (tertiary/aromatic N) is 4. The van der Waals surface area contributed by atoms with Gasteiger partial charge in [-0.15, -0.1) is 24.8 Å². The van der Waals surface area contributed by atoms with Gasteiger partial charge in [0.25, 0.3) is 0 Å². The number of aromatic nitrogens is 4. The molecule has 4 aromatic heterocycles. The van der Waals surface area contributed by atoms with Crippen molar-refractivity contribution in [3.05, 3.63) is 110 Å². The minimum atomic E-state index is 0. The molecule has 6 aromatic rings. The van der Waals surface area contributed by atoms with Gasteiger partial charge in [-0.05, 0) is 72.8 Å². The molecule has 0 saturated heterocycles. The Labute approximate surface area is 227 Å². The molecule has 0 unspecified atom stereocenters. The smallest absolute Gasteiger partial charge is 0.137 e. The molecule has 0 amide bonds. The number of rotatable bonds is 4. The normalized spacial score (nSPS) is 9.78. The molecule has 0 atom stereocenters. The highest BCUT2D eigenvalue weighted by Gasteiger charge is 2.04. The fraction of sp³-hybridized carbons (Fsp3) is 0.0714. The predicted molar refractivity (Wildman–Crippen MR) is 152 cm³/mol. The van der Waals surface area contributed by atoms with Gasteiger partial charge in [0.15, 0.2) is 0 Å². The zero-order valence-corrected chi connectivity index (χ0v) is 21.9. The Kier molecular flexibility index (Phi) is 10.5. The molecule has 4 heterocycles. The Morgan fingerprint density at radius 2 is 0.919 bits per heavy atom. The van der Waals surface area contributed by atoms with Crippen molar-refractivity contribution in [2.24, 2.45) is 0 Å². The second-order valence-electron chi connectivity index (χ2n) is 7.64. The molecule has 0 aliphatic rings. The lowest BCUT2D eigenvalue weighted by atomic mass is 10.2. The Hall–Kier alpha value is -4.04. The molecule has 0 saturated carbocycles. The summed E-state index contributed by atoms with van der Waals surface area (Å²) in [4.78, 5) is 9.12. The van der Waals surface area contributed by atoms with Crippen molar-refractivity contribution in [3.8, 4) is 34.0 Å². The molecule has 0 aliphatic carbocycles. The molecule has 0 spiro atoms. The van der Waals surface area contributed by atoms with Gasteiger partial charge in [0, 0.05) is 35.9 Å². The summed E-state index contributed by atoms with van der Waals surface area (Å²) in [5.41, 5.74) is 6.04. The van der Waals surface area contributed by atoms with Crippen molar-refractivity contribution in [1.29, 1.82) is 0 Å². The molecular weight excluding hydrogens is 511 g/mol. The largest absolute Gasteiger partial charge is 0.497 e. The highest BCUT2D eigenvalue weighted by molar-refractivity contribution is 5.85. The summed E-state index contributed by atoms with van der Waals surface area (Å²) in [6.07, 6.45) is 8.04. The first-order valence-corrected chi connectivity index (χ1v) is 10.9. The summed E-state index contributed by atoms with van der Waals surface area (Å²) >= 11 is 0. The molecule has 0 radical (unpaired) electrons. The number of methoxy groups -OCH3 is 2. The lowest BCUT2D eigenvalue weighted by molar-refractivity contribution is 0.415. The van der Waals surface area contributed by atoms with E-state index in [1.807, 2.05) is 119 Å². The number of hydrogen-bond acceptors (Lipinski definition) is 4. The van der Waals surface area contributed by atoms with E-state index in [1.165, 1.54) is 0 Å². The van der Waals surface area contributed by atoms with Crippen LogP contribution in [-0.2, 0) is 0 Å². The molecule has 0 fully saturated rings. The number of imidazole rings is 2. The lowest BCUT2D eigenvalue weighted by Crippen LogP contribution is -1.82. The summed E-state index contributed by atoms with van der Waals surface area (Å²) in [7, 11) is 3.33. The maximum atomic E-state index is 5.14. The van der Waals surface area contributed by atoms with Gasteiger partial charge in [0.2, 0.25) is 0 Å². The molecular formula is C28H28Cl2N4O3. The average Bonchev–Trinajstić information content (AvgIpc) is 3.54. The maximum absolute atomic E-state index is 5.14. The van der Waals surface area contributed by atoms with Crippen LogP contribution in [0.5, 0.6) is 11.5 Å². The van der Waals surface area contributed by atoms with Crippen LogP contribution >= 0.6 is 24.8 Å². The van der Waals surface area contributed by atoms with Crippen LogP contribution in [0, 0.1) is 0 Å².